The summed E-state index contributed by atoms with van der Waals surface area (Å²) in [6.45, 7) is 5.12. The first-order valence-electron chi connectivity index (χ1n) is 6.85. The zero-order valence-corrected chi connectivity index (χ0v) is 11.9. The van der Waals surface area contributed by atoms with E-state index in [2.05, 4.69) is 24.2 Å². The van der Waals surface area contributed by atoms with Gasteiger partial charge in [-0.3, -0.25) is 4.79 Å². The Hall–Kier alpha value is -1.55. The van der Waals surface area contributed by atoms with Gasteiger partial charge in [0.05, 0.1) is 0 Å². The van der Waals surface area contributed by atoms with E-state index in [1.54, 1.807) is 0 Å². The lowest BCUT2D eigenvalue weighted by Crippen LogP contribution is -2.47. The summed E-state index contributed by atoms with van der Waals surface area (Å²) in [5, 5.41) is 3.13. The molecule has 2 atom stereocenters. The van der Waals surface area contributed by atoms with Crippen LogP contribution < -0.4 is 11.1 Å². The number of nitrogen functional groups attached to an aromatic ring is 1. The zero-order valence-electron chi connectivity index (χ0n) is 11.9. The van der Waals surface area contributed by atoms with Gasteiger partial charge >= 0.3 is 0 Å². The third-order valence-electron chi connectivity index (χ3n) is 4.16. The van der Waals surface area contributed by atoms with Crippen LogP contribution in [0.1, 0.15) is 35.7 Å². The van der Waals surface area contributed by atoms with Crippen molar-refractivity contribution in [3.8, 4) is 0 Å². The summed E-state index contributed by atoms with van der Waals surface area (Å²) in [4.78, 5) is 14.6. The molecule has 1 aliphatic rings. The average molecular weight is 261 g/mol. The standard InChI is InChI=1S/C15H23N3O/c1-10-9-12(7-8-18(10)3)17-15(19)13-5-4-6-14(16)11(13)2/h4-6,10,12H,7-9,16H2,1-3H3,(H,17,19). The number of nitrogens with one attached hydrogen (secondary N) is 1. The van der Waals surface area contributed by atoms with Gasteiger partial charge in [-0.15, -0.1) is 0 Å². The number of benzene rings is 1. The molecule has 0 spiro atoms. The van der Waals surface area contributed by atoms with E-state index in [9.17, 15) is 4.79 Å². The minimum Gasteiger partial charge on any atom is -0.398 e. The number of hydrogen-bond acceptors (Lipinski definition) is 3. The molecule has 0 saturated carbocycles. The molecule has 1 aromatic carbocycles. The van der Waals surface area contributed by atoms with Crippen molar-refractivity contribution in [1.29, 1.82) is 0 Å². The molecule has 0 aromatic heterocycles. The molecule has 0 aliphatic carbocycles. The Labute approximate surface area is 115 Å². The number of nitrogens with zero attached hydrogens (tertiary/aromatic N) is 1. The minimum absolute atomic E-state index is 0.00782. The number of carbonyl (C=O) groups excluding carboxylic acids is 1. The smallest absolute Gasteiger partial charge is 0.251 e. The molecule has 1 aliphatic heterocycles. The van der Waals surface area contributed by atoms with Gasteiger partial charge < -0.3 is 16.0 Å². The van der Waals surface area contributed by atoms with Crippen molar-refractivity contribution in [2.24, 2.45) is 0 Å². The van der Waals surface area contributed by atoms with E-state index in [1.165, 1.54) is 0 Å². The number of likely N-dealkylation sites (tertiary alicyclic amines) is 1. The van der Waals surface area contributed by atoms with Crippen molar-refractivity contribution >= 4 is 11.6 Å². The van der Waals surface area contributed by atoms with Crippen molar-refractivity contribution in [2.45, 2.75) is 38.8 Å². The van der Waals surface area contributed by atoms with Gasteiger partial charge in [0.1, 0.15) is 0 Å². The predicted octanol–water partition coefficient (Wildman–Crippen LogP) is 1.79. The molecule has 104 valence electrons. The van der Waals surface area contributed by atoms with Crippen molar-refractivity contribution < 1.29 is 4.79 Å². The molecule has 0 radical (unpaired) electrons. The average Bonchev–Trinajstić information content (AvgIpc) is 2.37. The summed E-state index contributed by atoms with van der Waals surface area (Å²) in [5.74, 6) is -0.00782. The molecule has 1 aromatic rings. The number of hydrogen-bond donors (Lipinski definition) is 2. The van der Waals surface area contributed by atoms with Crippen LogP contribution in [0.2, 0.25) is 0 Å². The number of carbonyl (C=O) groups is 1. The maximum atomic E-state index is 12.3. The van der Waals surface area contributed by atoms with Gasteiger partial charge in [-0.25, -0.2) is 0 Å². The summed E-state index contributed by atoms with van der Waals surface area (Å²) < 4.78 is 0. The highest BCUT2D eigenvalue weighted by molar-refractivity contribution is 5.97. The van der Waals surface area contributed by atoms with E-state index in [0.29, 0.717) is 17.3 Å². The maximum absolute atomic E-state index is 12.3. The van der Waals surface area contributed by atoms with Crippen LogP contribution >= 0.6 is 0 Å². The minimum atomic E-state index is -0.00782. The second-order valence-corrected chi connectivity index (χ2v) is 5.54. The van der Waals surface area contributed by atoms with E-state index in [-0.39, 0.29) is 11.9 Å². The van der Waals surface area contributed by atoms with Crippen LogP contribution in [-0.2, 0) is 0 Å². The van der Waals surface area contributed by atoms with E-state index >= 15 is 0 Å². The molecule has 19 heavy (non-hydrogen) atoms. The largest absolute Gasteiger partial charge is 0.398 e. The SMILES string of the molecule is Cc1c(N)cccc1C(=O)NC1CCN(C)C(C)C1. The Morgan fingerprint density at radius 3 is 2.89 bits per heavy atom. The Morgan fingerprint density at radius 2 is 2.21 bits per heavy atom. The zero-order chi connectivity index (χ0) is 14.0. The lowest BCUT2D eigenvalue weighted by Gasteiger charge is -2.35. The van der Waals surface area contributed by atoms with Gasteiger partial charge in [0.25, 0.3) is 5.91 Å². The fourth-order valence-electron chi connectivity index (χ4n) is 2.58. The number of anilines is 1. The second-order valence-electron chi connectivity index (χ2n) is 5.54. The molecule has 1 saturated heterocycles. The highest BCUT2D eigenvalue weighted by Crippen LogP contribution is 2.18. The number of nitrogens with two attached hydrogens (primary N) is 1. The van der Waals surface area contributed by atoms with Crippen molar-refractivity contribution in [3.63, 3.8) is 0 Å². The highest BCUT2D eigenvalue weighted by atomic mass is 16.1. The molecule has 2 unspecified atom stereocenters. The summed E-state index contributed by atoms with van der Waals surface area (Å²) in [6, 6.07) is 6.26. The van der Waals surface area contributed by atoms with Crippen molar-refractivity contribution in [1.82, 2.24) is 10.2 Å². The van der Waals surface area contributed by atoms with Crippen LogP contribution in [-0.4, -0.2) is 36.5 Å². The number of piperidine rings is 1. The summed E-state index contributed by atoms with van der Waals surface area (Å²) in [7, 11) is 2.13. The Bertz CT molecular complexity index is 472. The van der Waals surface area contributed by atoms with Crippen LogP contribution in [0, 0.1) is 6.92 Å². The van der Waals surface area contributed by atoms with Crippen LogP contribution in [0.5, 0.6) is 0 Å². The van der Waals surface area contributed by atoms with Gasteiger partial charge in [-0.2, -0.15) is 0 Å². The summed E-state index contributed by atoms with van der Waals surface area (Å²) >= 11 is 0. The second kappa shape index (κ2) is 5.61. The first-order chi connectivity index (χ1) is 8.99. The van der Waals surface area contributed by atoms with Crippen LogP contribution in [0.15, 0.2) is 18.2 Å². The molecule has 4 nitrogen and oxygen atoms in total. The number of rotatable bonds is 2. The Morgan fingerprint density at radius 1 is 1.47 bits per heavy atom. The van der Waals surface area contributed by atoms with E-state index in [0.717, 1.165) is 24.9 Å². The molecule has 4 heteroatoms. The lowest BCUT2D eigenvalue weighted by atomic mass is 9.98. The van der Waals surface area contributed by atoms with Crippen LogP contribution in [0.25, 0.3) is 0 Å². The van der Waals surface area contributed by atoms with Gasteiger partial charge in [0.15, 0.2) is 0 Å². The third-order valence-corrected chi connectivity index (χ3v) is 4.16. The lowest BCUT2D eigenvalue weighted by molar-refractivity contribution is 0.0896. The summed E-state index contributed by atoms with van der Waals surface area (Å²) in [6.07, 6.45) is 2.01. The van der Waals surface area contributed by atoms with E-state index in [4.69, 9.17) is 5.73 Å². The first-order valence-corrected chi connectivity index (χ1v) is 6.85. The molecule has 1 heterocycles. The predicted molar refractivity (Wildman–Crippen MR) is 78.2 cm³/mol. The fraction of sp³-hybridized carbons (Fsp3) is 0.533. The monoisotopic (exact) mass is 261 g/mol. The van der Waals surface area contributed by atoms with Crippen molar-refractivity contribution in [3.05, 3.63) is 29.3 Å². The highest BCUT2D eigenvalue weighted by Gasteiger charge is 2.24. The first kappa shape index (κ1) is 13.9. The van der Waals surface area contributed by atoms with Crippen LogP contribution in [0.3, 0.4) is 0 Å². The van der Waals surface area contributed by atoms with Gasteiger partial charge in [0, 0.05) is 29.9 Å². The summed E-state index contributed by atoms with van der Waals surface area (Å²) in [5.41, 5.74) is 8.06. The third kappa shape index (κ3) is 3.07. The molecule has 1 amide bonds. The topological polar surface area (TPSA) is 58.4 Å². The molecular formula is C15H23N3O. The quantitative estimate of drug-likeness (QED) is 0.798. The number of amides is 1. The van der Waals surface area contributed by atoms with Gasteiger partial charge in [0.2, 0.25) is 0 Å². The molecule has 1 fully saturated rings. The Balaban J connectivity index is 2.03. The Kier molecular flexibility index (Phi) is 4.10. The maximum Gasteiger partial charge on any atom is 0.251 e. The fourth-order valence-corrected chi connectivity index (χ4v) is 2.58. The van der Waals surface area contributed by atoms with E-state index < -0.39 is 0 Å². The van der Waals surface area contributed by atoms with Gasteiger partial charge in [-0.1, -0.05) is 6.07 Å². The van der Waals surface area contributed by atoms with Gasteiger partial charge in [-0.05, 0) is 51.4 Å². The van der Waals surface area contributed by atoms with E-state index in [1.807, 2.05) is 25.1 Å². The van der Waals surface area contributed by atoms with Crippen molar-refractivity contribution in [2.75, 3.05) is 19.3 Å². The molecule has 0 bridgehead atoms. The molecule has 2 rings (SSSR count). The molecule has 3 N–H and O–H groups in total. The normalized spacial score (nSPS) is 24.2. The molecular weight excluding hydrogens is 238 g/mol. The van der Waals surface area contributed by atoms with Crippen LogP contribution in [0.4, 0.5) is 5.69 Å².